The monoisotopic (exact) mass is 263 g/mol. The molecule has 0 aliphatic carbocycles. The first kappa shape index (κ1) is 12.0. The molecule has 1 fully saturated rings. The zero-order valence-electron chi connectivity index (χ0n) is 8.67. The van der Waals surface area contributed by atoms with E-state index in [-0.39, 0.29) is 5.92 Å². The molecule has 0 spiro atoms. The van der Waals surface area contributed by atoms with Crippen LogP contribution in [0.5, 0.6) is 0 Å². The van der Waals surface area contributed by atoms with Crippen molar-refractivity contribution in [1.82, 2.24) is 4.90 Å². The van der Waals surface area contributed by atoms with Gasteiger partial charge in [-0.25, -0.2) is 0 Å². The van der Waals surface area contributed by atoms with Crippen LogP contribution in [0.4, 0.5) is 0 Å². The summed E-state index contributed by atoms with van der Waals surface area (Å²) in [6.45, 7) is 5.12. The highest BCUT2D eigenvalue weighted by Crippen LogP contribution is 2.17. The van der Waals surface area contributed by atoms with Gasteiger partial charge in [0, 0.05) is 37.6 Å². The average Bonchev–Trinajstić information content (AvgIpc) is 2.26. The molecule has 3 nitrogen and oxygen atoms in total. The van der Waals surface area contributed by atoms with Crippen molar-refractivity contribution in [2.75, 3.05) is 31.6 Å². The fourth-order valence-electron chi connectivity index (χ4n) is 1.73. The minimum Gasteiger partial charge on any atom is -0.381 e. The van der Waals surface area contributed by atoms with Crippen LogP contribution in [0.2, 0.25) is 0 Å². The van der Waals surface area contributed by atoms with E-state index in [0.717, 1.165) is 44.5 Å². The van der Waals surface area contributed by atoms with E-state index in [1.807, 2.05) is 11.8 Å². The maximum atomic E-state index is 12.0. The molecule has 0 aromatic heterocycles. The maximum absolute atomic E-state index is 12.0. The lowest BCUT2D eigenvalue weighted by Crippen LogP contribution is -2.39. The van der Waals surface area contributed by atoms with E-state index >= 15 is 0 Å². The number of hydrogen-bond acceptors (Lipinski definition) is 2. The normalized spacial score (nSPS) is 18.1. The van der Waals surface area contributed by atoms with Gasteiger partial charge in [0.1, 0.15) is 0 Å². The van der Waals surface area contributed by atoms with Crippen LogP contribution in [0.3, 0.4) is 0 Å². The van der Waals surface area contributed by atoms with Crippen molar-refractivity contribution in [1.29, 1.82) is 0 Å². The molecule has 4 heteroatoms. The molecule has 1 aliphatic heterocycles. The Morgan fingerprint density at radius 2 is 2.14 bits per heavy atom. The largest absolute Gasteiger partial charge is 0.381 e. The van der Waals surface area contributed by atoms with Gasteiger partial charge in [-0.1, -0.05) is 15.9 Å². The topological polar surface area (TPSA) is 29.5 Å². The number of nitrogens with zero attached hydrogens (tertiary/aromatic N) is 1. The number of carbonyl (C=O) groups is 1. The van der Waals surface area contributed by atoms with Gasteiger partial charge >= 0.3 is 0 Å². The van der Waals surface area contributed by atoms with Gasteiger partial charge in [-0.3, -0.25) is 4.79 Å². The lowest BCUT2D eigenvalue weighted by molar-refractivity contribution is -0.138. The van der Waals surface area contributed by atoms with Crippen molar-refractivity contribution >= 4 is 21.8 Å². The predicted octanol–water partition coefficient (Wildman–Crippen LogP) is 1.66. The second-order valence-electron chi connectivity index (χ2n) is 3.49. The standard InChI is InChI=1S/C10H18BrNO2/c1-2-12(6-5-11)10(13)9-3-7-14-8-4-9/h9H,2-8H2,1H3. The van der Waals surface area contributed by atoms with Crippen molar-refractivity contribution in [2.45, 2.75) is 19.8 Å². The highest BCUT2D eigenvalue weighted by atomic mass is 79.9. The quantitative estimate of drug-likeness (QED) is 0.723. The number of hydrogen-bond donors (Lipinski definition) is 0. The van der Waals surface area contributed by atoms with Crippen molar-refractivity contribution in [2.24, 2.45) is 5.92 Å². The Bertz CT molecular complexity index is 174. The van der Waals surface area contributed by atoms with Gasteiger partial charge in [-0.15, -0.1) is 0 Å². The minimum atomic E-state index is 0.197. The first-order valence-corrected chi connectivity index (χ1v) is 6.34. The van der Waals surface area contributed by atoms with Gasteiger partial charge in [-0.2, -0.15) is 0 Å². The summed E-state index contributed by atoms with van der Waals surface area (Å²) in [6.07, 6.45) is 1.77. The van der Waals surface area contributed by atoms with E-state index < -0.39 is 0 Å². The van der Waals surface area contributed by atoms with Crippen LogP contribution in [0, 0.1) is 5.92 Å². The third-order valence-corrected chi connectivity index (χ3v) is 2.97. The fraction of sp³-hybridized carbons (Fsp3) is 0.900. The van der Waals surface area contributed by atoms with E-state index in [0.29, 0.717) is 5.91 Å². The zero-order chi connectivity index (χ0) is 10.4. The molecule has 0 radical (unpaired) electrons. The molecule has 1 saturated heterocycles. The molecule has 0 bridgehead atoms. The van der Waals surface area contributed by atoms with Crippen molar-refractivity contribution < 1.29 is 9.53 Å². The molecule has 82 valence electrons. The average molecular weight is 264 g/mol. The Balaban J connectivity index is 2.43. The summed E-state index contributed by atoms with van der Waals surface area (Å²) in [5, 5.41) is 0.857. The summed E-state index contributed by atoms with van der Waals surface area (Å²) < 4.78 is 5.24. The summed E-state index contributed by atoms with van der Waals surface area (Å²) >= 11 is 3.36. The van der Waals surface area contributed by atoms with Crippen LogP contribution in [-0.2, 0) is 9.53 Å². The third-order valence-electron chi connectivity index (χ3n) is 2.62. The molecular formula is C10H18BrNO2. The smallest absolute Gasteiger partial charge is 0.225 e. The molecule has 1 amide bonds. The summed E-state index contributed by atoms with van der Waals surface area (Å²) in [5.74, 6) is 0.498. The Kier molecular flexibility index (Phi) is 5.48. The number of alkyl halides is 1. The van der Waals surface area contributed by atoms with Crippen LogP contribution in [0.25, 0.3) is 0 Å². The predicted molar refractivity (Wildman–Crippen MR) is 59.6 cm³/mol. The van der Waals surface area contributed by atoms with E-state index in [1.165, 1.54) is 0 Å². The van der Waals surface area contributed by atoms with Crippen molar-refractivity contribution in [3.63, 3.8) is 0 Å². The molecule has 0 atom stereocenters. The van der Waals surface area contributed by atoms with Crippen LogP contribution in [-0.4, -0.2) is 42.4 Å². The highest BCUT2D eigenvalue weighted by molar-refractivity contribution is 9.09. The van der Waals surface area contributed by atoms with Gasteiger partial charge in [0.05, 0.1) is 0 Å². The van der Waals surface area contributed by atoms with E-state index in [4.69, 9.17) is 4.74 Å². The van der Waals surface area contributed by atoms with E-state index in [1.54, 1.807) is 0 Å². The lowest BCUT2D eigenvalue weighted by atomic mass is 9.99. The fourth-order valence-corrected chi connectivity index (χ4v) is 2.16. The molecular weight excluding hydrogens is 246 g/mol. The number of halogens is 1. The second kappa shape index (κ2) is 6.40. The van der Waals surface area contributed by atoms with Crippen LogP contribution in [0.15, 0.2) is 0 Å². The number of rotatable bonds is 4. The molecule has 0 aromatic rings. The summed E-state index contributed by atoms with van der Waals surface area (Å²) in [4.78, 5) is 13.9. The van der Waals surface area contributed by atoms with Gasteiger partial charge in [0.2, 0.25) is 5.91 Å². The van der Waals surface area contributed by atoms with E-state index in [9.17, 15) is 4.79 Å². The molecule has 14 heavy (non-hydrogen) atoms. The third kappa shape index (κ3) is 3.24. The summed E-state index contributed by atoms with van der Waals surface area (Å²) in [7, 11) is 0. The van der Waals surface area contributed by atoms with Gasteiger partial charge in [-0.05, 0) is 19.8 Å². The molecule has 0 saturated carbocycles. The second-order valence-corrected chi connectivity index (χ2v) is 4.29. The summed E-state index contributed by atoms with van der Waals surface area (Å²) in [5.41, 5.74) is 0. The van der Waals surface area contributed by atoms with Gasteiger partial charge in [0.25, 0.3) is 0 Å². The first-order chi connectivity index (χ1) is 6.79. The van der Waals surface area contributed by atoms with Crippen LogP contribution < -0.4 is 0 Å². The molecule has 0 aromatic carbocycles. The Hall–Kier alpha value is -0.0900. The molecule has 0 N–H and O–H groups in total. The van der Waals surface area contributed by atoms with Gasteiger partial charge in [0.15, 0.2) is 0 Å². The molecule has 1 aliphatic rings. The number of ether oxygens (including phenoxy) is 1. The zero-order valence-corrected chi connectivity index (χ0v) is 10.3. The number of amides is 1. The Labute approximate surface area is 93.9 Å². The van der Waals surface area contributed by atoms with Crippen LogP contribution in [0.1, 0.15) is 19.8 Å². The van der Waals surface area contributed by atoms with Crippen molar-refractivity contribution in [3.8, 4) is 0 Å². The Morgan fingerprint density at radius 1 is 1.50 bits per heavy atom. The minimum absolute atomic E-state index is 0.197. The number of carbonyl (C=O) groups excluding carboxylic acids is 1. The molecule has 0 unspecified atom stereocenters. The SMILES string of the molecule is CCN(CCBr)C(=O)C1CCOCC1. The summed E-state index contributed by atoms with van der Waals surface area (Å²) in [6, 6.07) is 0. The lowest BCUT2D eigenvalue weighted by Gasteiger charge is -2.28. The first-order valence-electron chi connectivity index (χ1n) is 5.22. The molecule has 1 heterocycles. The maximum Gasteiger partial charge on any atom is 0.225 e. The molecule has 1 rings (SSSR count). The van der Waals surface area contributed by atoms with E-state index in [2.05, 4.69) is 15.9 Å². The Morgan fingerprint density at radius 3 is 2.64 bits per heavy atom. The van der Waals surface area contributed by atoms with Crippen LogP contribution >= 0.6 is 15.9 Å². The highest BCUT2D eigenvalue weighted by Gasteiger charge is 2.24. The van der Waals surface area contributed by atoms with Gasteiger partial charge < -0.3 is 9.64 Å². The van der Waals surface area contributed by atoms with Crippen molar-refractivity contribution in [3.05, 3.63) is 0 Å².